The van der Waals surface area contributed by atoms with E-state index in [4.69, 9.17) is 8.83 Å². The fourth-order valence-corrected chi connectivity index (χ4v) is 9.57. The van der Waals surface area contributed by atoms with Crippen LogP contribution in [0.15, 0.2) is 33.8 Å². The zero-order chi connectivity index (χ0) is 31.9. The molecular weight excluding hydrogens is 608 g/mol. The molecule has 2 aromatic rings. The third kappa shape index (κ3) is 8.43. The Kier molecular flexibility index (Phi) is 11.9. The van der Waals surface area contributed by atoms with Gasteiger partial charge in [0.2, 0.25) is 31.6 Å². The number of Topliss-reactive ketones (excluding diaryl/α,β-unsaturated/α-hetero) is 2. The Morgan fingerprint density at radius 1 is 0.886 bits per heavy atom. The van der Waals surface area contributed by atoms with E-state index in [9.17, 15) is 26.4 Å². The molecule has 2 aromatic heterocycles. The Balaban J connectivity index is 1.52. The van der Waals surface area contributed by atoms with Crippen LogP contribution in [0.1, 0.15) is 99.9 Å². The van der Waals surface area contributed by atoms with Gasteiger partial charge in [-0.2, -0.15) is 0 Å². The molecule has 0 spiro atoms. The molecule has 0 aliphatic carbocycles. The van der Waals surface area contributed by atoms with Crippen molar-refractivity contribution in [2.75, 3.05) is 31.9 Å². The Hall–Kier alpha value is -2.42. The number of piperidine rings is 2. The van der Waals surface area contributed by atoms with Gasteiger partial charge in [0.25, 0.3) is 11.8 Å². The van der Waals surface area contributed by atoms with E-state index in [0.717, 1.165) is 6.42 Å². The predicted molar refractivity (Wildman–Crippen MR) is 164 cm³/mol. The summed E-state index contributed by atoms with van der Waals surface area (Å²) in [6.07, 6.45) is 10.5. The molecule has 0 amide bonds. The first-order valence-corrected chi connectivity index (χ1v) is 18.9. The molecular formula is C30H46N4O8S2. The van der Waals surface area contributed by atoms with Crippen molar-refractivity contribution in [1.29, 1.82) is 0 Å². The normalized spacial score (nSPS) is 19.7. The van der Waals surface area contributed by atoms with E-state index in [0.29, 0.717) is 71.1 Å². The van der Waals surface area contributed by atoms with Gasteiger partial charge in [-0.25, -0.2) is 35.4 Å². The van der Waals surface area contributed by atoms with E-state index in [1.807, 2.05) is 6.92 Å². The summed E-state index contributed by atoms with van der Waals surface area (Å²) < 4.78 is 64.6. The zero-order valence-electron chi connectivity index (χ0n) is 26.0. The molecule has 12 nitrogen and oxygen atoms in total. The van der Waals surface area contributed by atoms with E-state index in [2.05, 4.69) is 9.97 Å². The number of aromatic nitrogens is 2. The van der Waals surface area contributed by atoms with Crippen LogP contribution < -0.4 is 0 Å². The Morgan fingerprint density at radius 3 is 2.02 bits per heavy atom. The minimum absolute atomic E-state index is 0.0161. The highest BCUT2D eigenvalue weighted by Gasteiger charge is 2.40. The van der Waals surface area contributed by atoms with Gasteiger partial charge in [0, 0.05) is 38.5 Å². The Bertz CT molecular complexity index is 1410. The van der Waals surface area contributed by atoms with Gasteiger partial charge in [0.05, 0.1) is 23.4 Å². The molecule has 2 atom stereocenters. The number of nitrogens with zero attached hydrogens (tertiary/aromatic N) is 4. The maximum Gasteiger partial charge on any atom is 0.263 e. The molecule has 2 aliphatic heterocycles. The summed E-state index contributed by atoms with van der Waals surface area (Å²) in [7, 11) is -6.65. The van der Waals surface area contributed by atoms with E-state index >= 15 is 0 Å². The lowest BCUT2D eigenvalue weighted by Crippen LogP contribution is -2.43. The van der Waals surface area contributed by atoms with Crippen LogP contribution >= 0.6 is 0 Å². The number of rotatable bonds is 16. The molecule has 2 unspecified atom stereocenters. The number of hydrogen-bond acceptors (Lipinski definition) is 10. The van der Waals surface area contributed by atoms with E-state index in [1.54, 1.807) is 22.5 Å². The summed E-state index contributed by atoms with van der Waals surface area (Å²) in [5.74, 6) is -0.741. The SMILES string of the molecule is CCCS(=O)(=O)N1CCC(C(CCC(=O)c2ncco2)C(CCC2CCN(S(=O)(=O)C(C)C)CC2)C(=O)c2ncco2)CC1. The van der Waals surface area contributed by atoms with E-state index < -0.39 is 31.2 Å². The molecule has 14 heteroatoms. The highest BCUT2D eigenvalue weighted by Crippen LogP contribution is 2.39. The maximum absolute atomic E-state index is 13.9. The average molecular weight is 655 g/mol. The largest absolute Gasteiger partial charge is 0.442 e. The van der Waals surface area contributed by atoms with Crippen molar-refractivity contribution in [2.45, 2.75) is 83.8 Å². The second-order valence-electron chi connectivity index (χ2n) is 12.3. The predicted octanol–water partition coefficient (Wildman–Crippen LogP) is 4.42. The Labute approximate surface area is 261 Å². The minimum Gasteiger partial charge on any atom is -0.442 e. The first kappa shape index (κ1) is 34.5. The molecule has 44 heavy (non-hydrogen) atoms. The van der Waals surface area contributed by atoms with Gasteiger partial charge >= 0.3 is 0 Å². The fraction of sp³-hybridized carbons (Fsp3) is 0.733. The zero-order valence-corrected chi connectivity index (χ0v) is 27.6. The van der Waals surface area contributed by atoms with Crippen molar-refractivity contribution in [1.82, 2.24) is 18.6 Å². The van der Waals surface area contributed by atoms with Crippen molar-refractivity contribution in [2.24, 2.45) is 23.7 Å². The molecule has 0 saturated carbocycles. The first-order valence-electron chi connectivity index (χ1n) is 15.8. The average Bonchev–Trinajstić information content (AvgIpc) is 3.74. The number of carbonyl (C=O) groups excluding carboxylic acids is 2. The molecule has 0 radical (unpaired) electrons. The fourth-order valence-electron chi connectivity index (χ4n) is 6.71. The van der Waals surface area contributed by atoms with Crippen molar-refractivity contribution in [3.63, 3.8) is 0 Å². The van der Waals surface area contributed by atoms with Gasteiger partial charge in [-0.05, 0) is 83.0 Å². The van der Waals surface area contributed by atoms with Crippen LogP contribution in [0.4, 0.5) is 0 Å². The molecule has 2 fully saturated rings. The quantitative estimate of drug-likeness (QED) is 0.237. The number of sulfonamides is 2. The third-order valence-corrected chi connectivity index (χ3v) is 13.6. The number of hydrogen-bond donors (Lipinski definition) is 0. The number of ketones is 2. The third-order valence-electron chi connectivity index (χ3n) is 9.25. The van der Waals surface area contributed by atoms with Gasteiger partial charge in [-0.1, -0.05) is 6.92 Å². The second kappa shape index (κ2) is 15.2. The Morgan fingerprint density at radius 2 is 1.48 bits per heavy atom. The molecule has 4 heterocycles. The van der Waals surface area contributed by atoms with Gasteiger partial charge in [-0.3, -0.25) is 9.59 Å². The van der Waals surface area contributed by atoms with E-state index in [-0.39, 0.29) is 53.3 Å². The smallest absolute Gasteiger partial charge is 0.263 e. The summed E-state index contributed by atoms with van der Waals surface area (Å²) in [5.41, 5.74) is 0. The first-order chi connectivity index (χ1) is 20.9. The summed E-state index contributed by atoms with van der Waals surface area (Å²) >= 11 is 0. The summed E-state index contributed by atoms with van der Waals surface area (Å²) in [6.45, 7) is 6.90. The van der Waals surface area contributed by atoms with Gasteiger partial charge in [0.15, 0.2) is 0 Å². The van der Waals surface area contributed by atoms with Crippen LogP contribution in [0.5, 0.6) is 0 Å². The monoisotopic (exact) mass is 654 g/mol. The lowest BCUT2D eigenvalue weighted by atomic mass is 9.70. The molecule has 0 N–H and O–H groups in total. The van der Waals surface area contributed by atoms with Crippen LogP contribution in [0.3, 0.4) is 0 Å². The van der Waals surface area contributed by atoms with Crippen LogP contribution in [-0.2, 0) is 20.0 Å². The van der Waals surface area contributed by atoms with Gasteiger partial charge in [0.1, 0.15) is 12.5 Å². The standard InChI is InChI=1S/C30H46N4O8S2/c1-4-21-43(37,38)33-17-11-24(12-18-33)25(7-8-27(35)29-31-13-19-41-29)26(28(36)30-32-14-20-42-30)6-5-23-9-15-34(16-10-23)44(39,40)22(2)3/h13-14,19-20,22-26H,4-12,15-18,21H2,1-3H3. The highest BCUT2D eigenvalue weighted by atomic mass is 32.2. The number of carbonyl (C=O) groups is 2. The molecule has 2 aliphatic rings. The van der Waals surface area contributed by atoms with Crippen LogP contribution in [0.25, 0.3) is 0 Å². The molecule has 246 valence electrons. The van der Waals surface area contributed by atoms with Crippen molar-refractivity contribution in [3.8, 4) is 0 Å². The summed E-state index contributed by atoms with van der Waals surface area (Å²) in [6, 6.07) is 0. The molecule has 0 aromatic carbocycles. The highest BCUT2D eigenvalue weighted by molar-refractivity contribution is 7.89. The summed E-state index contributed by atoms with van der Waals surface area (Å²) in [5, 5.41) is -0.468. The van der Waals surface area contributed by atoms with Crippen molar-refractivity contribution >= 4 is 31.6 Å². The van der Waals surface area contributed by atoms with Gasteiger partial charge in [-0.15, -0.1) is 0 Å². The minimum atomic E-state index is -3.34. The van der Waals surface area contributed by atoms with Crippen LogP contribution in [0.2, 0.25) is 0 Å². The topological polar surface area (TPSA) is 161 Å². The molecule has 0 bridgehead atoms. The lowest BCUT2D eigenvalue weighted by molar-refractivity contribution is 0.0682. The summed E-state index contributed by atoms with van der Waals surface area (Å²) in [4.78, 5) is 35.0. The van der Waals surface area contributed by atoms with Crippen LogP contribution in [-0.4, -0.2) is 84.2 Å². The van der Waals surface area contributed by atoms with Gasteiger partial charge < -0.3 is 8.83 Å². The van der Waals surface area contributed by atoms with Crippen LogP contribution in [0, 0.1) is 23.7 Å². The maximum atomic E-state index is 13.9. The van der Waals surface area contributed by atoms with E-state index in [1.165, 1.54) is 24.9 Å². The number of oxazole rings is 2. The molecule has 4 rings (SSSR count). The lowest BCUT2D eigenvalue weighted by Gasteiger charge is -2.39. The molecule has 2 saturated heterocycles. The van der Waals surface area contributed by atoms with Crippen molar-refractivity contribution < 1.29 is 35.3 Å². The van der Waals surface area contributed by atoms with Crippen molar-refractivity contribution in [3.05, 3.63) is 36.7 Å². The second-order valence-corrected chi connectivity index (χ2v) is 16.9.